The van der Waals surface area contributed by atoms with E-state index in [2.05, 4.69) is 12.2 Å². The summed E-state index contributed by atoms with van der Waals surface area (Å²) in [6.07, 6.45) is 0.925. The molecule has 0 atom stereocenters. The summed E-state index contributed by atoms with van der Waals surface area (Å²) in [5.41, 5.74) is 1.52. The van der Waals surface area contributed by atoms with Gasteiger partial charge < -0.3 is 14.8 Å². The minimum atomic E-state index is -0.646. The van der Waals surface area contributed by atoms with Crippen LogP contribution in [0.4, 0.5) is 5.69 Å². The maximum Gasteiger partial charge on any atom is 0.344 e. The lowest BCUT2D eigenvalue weighted by molar-refractivity contribution is -0.149. The van der Waals surface area contributed by atoms with Crippen molar-refractivity contribution in [3.05, 3.63) is 58.1 Å². The molecule has 0 aliphatic carbocycles. The van der Waals surface area contributed by atoms with Crippen molar-refractivity contribution in [1.29, 1.82) is 0 Å². The number of nitrogens with one attached hydrogen (secondary N) is 1. The van der Waals surface area contributed by atoms with Crippen molar-refractivity contribution in [3.63, 3.8) is 0 Å². The summed E-state index contributed by atoms with van der Waals surface area (Å²) in [4.78, 5) is 23.4. The van der Waals surface area contributed by atoms with Gasteiger partial charge in [0.2, 0.25) is 0 Å². The van der Waals surface area contributed by atoms with E-state index in [4.69, 9.17) is 32.7 Å². The van der Waals surface area contributed by atoms with Crippen molar-refractivity contribution in [2.75, 3.05) is 18.5 Å². The van der Waals surface area contributed by atoms with E-state index in [1.54, 1.807) is 24.3 Å². The Morgan fingerprint density at radius 1 is 1.04 bits per heavy atom. The number of amides is 1. The van der Waals surface area contributed by atoms with Crippen LogP contribution in [0.5, 0.6) is 5.75 Å². The molecule has 0 heterocycles. The van der Waals surface area contributed by atoms with Crippen LogP contribution in [0.25, 0.3) is 0 Å². The highest BCUT2D eigenvalue weighted by atomic mass is 35.5. The molecule has 25 heavy (non-hydrogen) atoms. The third-order valence-electron chi connectivity index (χ3n) is 3.26. The fraction of sp³-hybridized carbons (Fsp3) is 0.222. The summed E-state index contributed by atoms with van der Waals surface area (Å²) in [6.45, 7) is 1.32. The number of carbonyl (C=O) groups is 2. The monoisotopic (exact) mass is 381 g/mol. The van der Waals surface area contributed by atoms with Crippen LogP contribution in [0.15, 0.2) is 42.5 Å². The van der Waals surface area contributed by atoms with Gasteiger partial charge in [-0.05, 0) is 42.3 Å². The van der Waals surface area contributed by atoms with Gasteiger partial charge in [-0.3, -0.25) is 4.79 Å². The Bertz CT molecular complexity index is 747. The van der Waals surface area contributed by atoms with Crippen molar-refractivity contribution in [2.24, 2.45) is 0 Å². The molecule has 0 spiro atoms. The first-order valence-electron chi connectivity index (χ1n) is 7.60. The topological polar surface area (TPSA) is 64.6 Å². The van der Waals surface area contributed by atoms with Crippen LogP contribution in [0.3, 0.4) is 0 Å². The number of hydrogen-bond acceptors (Lipinski definition) is 4. The Morgan fingerprint density at radius 3 is 2.44 bits per heavy atom. The smallest absolute Gasteiger partial charge is 0.344 e. The zero-order valence-electron chi connectivity index (χ0n) is 13.6. The molecule has 0 radical (unpaired) electrons. The van der Waals surface area contributed by atoms with Gasteiger partial charge in [-0.15, -0.1) is 0 Å². The third kappa shape index (κ3) is 6.29. The molecule has 0 aromatic heterocycles. The van der Waals surface area contributed by atoms with Crippen LogP contribution >= 0.6 is 23.2 Å². The van der Waals surface area contributed by atoms with Crippen LogP contribution in [0.2, 0.25) is 10.0 Å². The molecule has 1 N–H and O–H groups in total. The molecule has 0 saturated heterocycles. The van der Waals surface area contributed by atoms with Gasteiger partial charge in [0.05, 0.1) is 10.7 Å². The first-order chi connectivity index (χ1) is 12.0. The second-order valence-electron chi connectivity index (χ2n) is 5.12. The Morgan fingerprint density at radius 2 is 1.76 bits per heavy atom. The number of carbonyl (C=O) groups excluding carboxylic acids is 2. The zero-order chi connectivity index (χ0) is 18.2. The largest absolute Gasteiger partial charge is 0.482 e. The molecule has 0 aliphatic rings. The number of rotatable bonds is 7. The number of esters is 1. The van der Waals surface area contributed by atoms with Gasteiger partial charge in [-0.1, -0.05) is 42.3 Å². The van der Waals surface area contributed by atoms with Crippen LogP contribution in [-0.4, -0.2) is 25.1 Å². The standard InChI is InChI=1S/C18H17Cl2NO4/c1-2-12-3-6-14(7-4-12)24-11-18(23)25-10-17(22)21-16-9-13(19)5-8-15(16)20/h3-9H,2,10-11H2,1H3,(H,21,22). The molecule has 0 saturated carbocycles. The van der Waals surface area contributed by atoms with E-state index in [9.17, 15) is 9.59 Å². The fourth-order valence-corrected chi connectivity index (χ4v) is 2.27. The Labute approximate surface area is 155 Å². The van der Waals surface area contributed by atoms with Gasteiger partial charge in [0, 0.05) is 5.02 Å². The number of ether oxygens (including phenoxy) is 2. The summed E-state index contributed by atoms with van der Waals surface area (Å²) in [6, 6.07) is 12.1. The van der Waals surface area contributed by atoms with Gasteiger partial charge in [0.15, 0.2) is 13.2 Å². The van der Waals surface area contributed by atoms with Crippen molar-refractivity contribution < 1.29 is 19.1 Å². The van der Waals surface area contributed by atoms with Crippen molar-refractivity contribution in [1.82, 2.24) is 0 Å². The Kier molecular flexibility index (Phi) is 7.10. The first kappa shape index (κ1) is 19.1. The van der Waals surface area contributed by atoms with E-state index >= 15 is 0 Å². The van der Waals surface area contributed by atoms with Crippen molar-refractivity contribution in [2.45, 2.75) is 13.3 Å². The van der Waals surface area contributed by atoms with Gasteiger partial charge in [-0.2, -0.15) is 0 Å². The molecule has 7 heteroatoms. The molecule has 1 amide bonds. The van der Waals surface area contributed by atoms with E-state index in [1.165, 1.54) is 11.6 Å². The zero-order valence-corrected chi connectivity index (χ0v) is 15.1. The number of halogens is 2. The number of aryl methyl sites for hydroxylation is 1. The normalized spacial score (nSPS) is 10.2. The van der Waals surface area contributed by atoms with Crippen LogP contribution in [0, 0.1) is 0 Å². The average molecular weight is 382 g/mol. The highest BCUT2D eigenvalue weighted by molar-refractivity contribution is 6.35. The molecule has 5 nitrogen and oxygen atoms in total. The number of anilines is 1. The van der Waals surface area contributed by atoms with Gasteiger partial charge >= 0.3 is 5.97 Å². The van der Waals surface area contributed by atoms with E-state index in [0.29, 0.717) is 21.5 Å². The van der Waals surface area contributed by atoms with Crippen LogP contribution < -0.4 is 10.1 Å². The molecule has 0 aliphatic heterocycles. The van der Waals surface area contributed by atoms with E-state index in [1.807, 2.05) is 12.1 Å². The first-order valence-corrected chi connectivity index (χ1v) is 8.35. The maximum absolute atomic E-state index is 11.8. The van der Waals surface area contributed by atoms with E-state index in [0.717, 1.165) is 6.42 Å². The molecule has 2 rings (SSSR count). The summed E-state index contributed by atoms with van der Waals surface area (Å²) >= 11 is 11.8. The lowest BCUT2D eigenvalue weighted by Gasteiger charge is -2.09. The van der Waals surface area contributed by atoms with Crippen molar-refractivity contribution >= 4 is 40.8 Å². The van der Waals surface area contributed by atoms with E-state index in [-0.39, 0.29) is 6.61 Å². The fourth-order valence-electron chi connectivity index (χ4n) is 1.93. The predicted molar refractivity (Wildman–Crippen MR) is 97.4 cm³/mol. The van der Waals surface area contributed by atoms with Crippen LogP contribution in [-0.2, 0) is 20.7 Å². The summed E-state index contributed by atoms with van der Waals surface area (Å²) in [5.74, 6) is -0.610. The molecule has 132 valence electrons. The lowest BCUT2D eigenvalue weighted by atomic mass is 10.2. The Balaban J connectivity index is 1.75. The second-order valence-corrected chi connectivity index (χ2v) is 5.96. The molecule has 0 unspecified atom stereocenters. The number of hydrogen-bond donors (Lipinski definition) is 1. The highest BCUT2D eigenvalue weighted by Crippen LogP contribution is 2.25. The summed E-state index contributed by atoms with van der Waals surface area (Å²) in [5, 5.41) is 3.29. The van der Waals surface area contributed by atoms with Gasteiger partial charge in [-0.25, -0.2) is 4.79 Å². The SMILES string of the molecule is CCc1ccc(OCC(=O)OCC(=O)Nc2cc(Cl)ccc2Cl)cc1. The maximum atomic E-state index is 11.8. The summed E-state index contributed by atoms with van der Waals surface area (Å²) in [7, 11) is 0. The Hall–Kier alpha value is -2.24. The molecule has 0 bridgehead atoms. The number of benzene rings is 2. The van der Waals surface area contributed by atoms with Crippen molar-refractivity contribution in [3.8, 4) is 5.75 Å². The highest BCUT2D eigenvalue weighted by Gasteiger charge is 2.11. The lowest BCUT2D eigenvalue weighted by Crippen LogP contribution is -2.23. The average Bonchev–Trinajstić information content (AvgIpc) is 2.61. The van der Waals surface area contributed by atoms with E-state index < -0.39 is 18.5 Å². The summed E-state index contributed by atoms with van der Waals surface area (Å²) < 4.78 is 10.2. The van der Waals surface area contributed by atoms with Crippen LogP contribution in [0.1, 0.15) is 12.5 Å². The quantitative estimate of drug-likeness (QED) is 0.732. The molecule has 2 aromatic carbocycles. The minimum absolute atomic E-state index is 0.281. The van der Waals surface area contributed by atoms with Gasteiger partial charge in [0.1, 0.15) is 5.75 Å². The molecule has 0 fully saturated rings. The predicted octanol–water partition coefficient (Wildman–Crippen LogP) is 4.12. The molecular formula is C18H17Cl2NO4. The molecular weight excluding hydrogens is 365 g/mol. The molecule has 2 aromatic rings. The minimum Gasteiger partial charge on any atom is -0.482 e. The third-order valence-corrected chi connectivity index (χ3v) is 3.82. The van der Waals surface area contributed by atoms with Gasteiger partial charge in [0.25, 0.3) is 5.91 Å². The second kappa shape index (κ2) is 9.30.